The lowest BCUT2D eigenvalue weighted by Crippen LogP contribution is -2.39. The van der Waals surface area contributed by atoms with Gasteiger partial charge in [-0.15, -0.1) is 0 Å². The van der Waals surface area contributed by atoms with E-state index in [1.165, 1.54) is 18.6 Å². The van der Waals surface area contributed by atoms with Gasteiger partial charge in [-0.05, 0) is 32.1 Å². The Morgan fingerprint density at radius 2 is 2.47 bits per heavy atom. The van der Waals surface area contributed by atoms with Crippen molar-refractivity contribution in [3.63, 3.8) is 0 Å². The van der Waals surface area contributed by atoms with E-state index in [0.717, 1.165) is 30.6 Å². The number of likely N-dealkylation sites (N-methyl/N-ethyl adjacent to an activating group) is 1. The third-order valence-corrected chi connectivity index (χ3v) is 4.79. The van der Waals surface area contributed by atoms with Crippen LogP contribution in [0.15, 0.2) is 6.33 Å². The van der Waals surface area contributed by atoms with Crippen LogP contribution >= 0.6 is 11.8 Å². The highest BCUT2D eigenvalue weighted by molar-refractivity contribution is 8.00. The van der Waals surface area contributed by atoms with E-state index in [1.807, 2.05) is 4.68 Å². The molecule has 0 aromatic carbocycles. The van der Waals surface area contributed by atoms with Gasteiger partial charge in [-0.1, -0.05) is 6.92 Å². The standard InChI is InChI=1S/C12H22N4S/c1-3-13-10(11-6-5-7-17-11)8-12-14-9-15-16(12)4-2/h9-11,13H,3-8H2,1-2H3. The second kappa shape index (κ2) is 6.40. The molecule has 1 N–H and O–H groups in total. The molecule has 2 rings (SSSR count). The second-order valence-electron chi connectivity index (χ2n) is 4.41. The SMILES string of the molecule is CCNC(Cc1ncnn1CC)C1CCCS1. The maximum Gasteiger partial charge on any atom is 0.138 e. The maximum atomic E-state index is 4.38. The minimum Gasteiger partial charge on any atom is -0.313 e. The van der Waals surface area contributed by atoms with Gasteiger partial charge >= 0.3 is 0 Å². The van der Waals surface area contributed by atoms with Crippen LogP contribution in [0.2, 0.25) is 0 Å². The van der Waals surface area contributed by atoms with Gasteiger partial charge in [0.25, 0.3) is 0 Å². The molecule has 2 unspecified atom stereocenters. The molecule has 1 aromatic rings. The van der Waals surface area contributed by atoms with Crippen molar-refractivity contribution >= 4 is 11.8 Å². The highest BCUT2D eigenvalue weighted by Crippen LogP contribution is 2.29. The minimum absolute atomic E-state index is 0.544. The first-order valence-corrected chi connectivity index (χ1v) is 7.61. The van der Waals surface area contributed by atoms with Gasteiger partial charge in [0.05, 0.1) is 0 Å². The molecule has 0 aliphatic carbocycles. The van der Waals surface area contributed by atoms with Gasteiger partial charge in [-0.2, -0.15) is 16.9 Å². The molecule has 17 heavy (non-hydrogen) atoms. The van der Waals surface area contributed by atoms with Crippen molar-refractivity contribution in [2.75, 3.05) is 12.3 Å². The Kier molecular flexibility index (Phi) is 4.86. The molecule has 0 saturated carbocycles. The number of nitrogens with zero attached hydrogens (tertiary/aromatic N) is 3. The molecule has 0 bridgehead atoms. The topological polar surface area (TPSA) is 42.7 Å². The predicted octanol–water partition coefficient (Wildman–Crippen LogP) is 1.71. The van der Waals surface area contributed by atoms with E-state index in [2.05, 4.69) is 41.0 Å². The Hall–Kier alpha value is -0.550. The van der Waals surface area contributed by atoms with Crippen molar-refractivity contribution in [3.05, 3.63) is 12.2 Å². The number of thioether (sulfide) groups is 1. The summed E-state index contributed by atoms with van der Waals surface area (Å²) >= 11 is 2.11. The number of hydrogen-bond donors (Lipinski definition) is 1. The average Bonchev–Trinajstić information content (AvgIpc) is 2.99. The Morgan fingerprint density at radius 1 is 1.59 bits per heavy atom. The molecular weight excluding hydrogens is 232 g/mol. The van der Waals surface area contributed by atoms with Crippen LogP contribution in [-0.4, -0.2) is 38.4 Å². The summed E-state index contributed by atoms with van der Waals surface area (Å²) in [4.78, 5) is 4.38. The van der Waals surface area contributed by atoms with Gasteiger partial charge in [0.1, 0.15) is 12.2 Å². The second-order valence-corrected chi connectivity index (χ2v) is 5.76. The van der Waals surface area contributed by atoms with Gasteiger partial charge in [0.2, 0.25) is 0 Å². The lowest BCUT2D eigenvalue weighted by molar-refractivity contribution is 0.470. The van der Waals surface area contributed by atoms with Crippen LogP contribution in [0.1, 0.15) is 32.5 Å². The summed E-state index contributed by atoms with van der Waals surface area (Å²) in [5.74, 6) is 2.43. The van der Waals surface area contributed by atoms with Crippen molar-refractivity contribution in [2.45, 2.75) is 50.9 Å². The van der Waals surface area contributed by atoms with Gasteiger partial charge in [-0.3, -0.25) is 4.68 Å². The van der Waals surface area contributed by atoms with E-state index in [9.17, 15) is 0 Å². The summed E-state index contributed by atoms with van der Waals surface area (Å²) in [5.41, 5.74) is 0. The first-order valence-electron chi connectivity index (χ1n) is 6.56. The van der Waals surface area contributed by atoms with Crippen molar-refractivity contribution in [2.24, 2.45) is 0 Å². The summed E-state index contributed by atoms with van der Waals surface area (Å²) in [7, 11) is 0. The van der Waals surface area contributed by atoms with Crippen LogP contribution < -0.4 is 5.32 Å². The lowest BCUT2D eigenvalue weighted by atomic mass is 10.1. The van der Waals surface area contributed by atoms with E-state index in [1.54, 1.807) is 6.33 Å². The average molecular weight is 254 g/mol. The van der Waals surface area contributed by atoms with E-state index in [4.69, 9.17) is 0 Å². The van der Waals surface area contributed by atoms with Crippen LogP contribution in [0.3, 0.4) is 0 Å². The molecule has 5 heteroatoms. The molecule has 1 saturated heterocycles. The van der Waals surface area contributed by atoms with Gasteiger partial charge in [0.15, 0.2) is 0 Å². The lowest BCUT2D eigenvalue weighted by Gasteiger charge is -2.23. The zero-order valence-electron chi connectivity index (χ0n) is 10.7. The molecule has 96 valence electrons. The normalized spacial score (nSPS) is 21.9. The van der Waals surface area contributed by atoms with Crippen molar-refractivity contribution in [1.82, 2.24) is 20.1 Å². The molecular formula is C12H22N4S. The molecule has 4 nitrogen and oxygen atoms in total. The molecule has 1 aliphatic heterocycles. The van der Waals surface area contributed by atoms with Gasteiger partial charge < -0.3 is 5.32 Å². The Labute approximate surface area is 108 Å². The zero-order chi connectivity index (χ0) is 12.1. The number of aromatic nitrogens is 3. The minimum atomic E-state index is 0.544. The van der Waals surface area contributed by atoms with Crippen LogP contribution in [0.25, 0.3) is 0 Å². The smallest absolute Gasteiger partial charge is 0.138 e. The van der Waals surface area contributed by atoms with Crippen LogP contribution in [0.4, 0.5) is 0 Å². The van der Waals surface area contributed by atoms with Crippen molar-refractivity contribution in [3.8, 4) is 0 Å². The quantitative estimate of drug-likeness (QED) is 0.839. The van der Waals surface area contributed by atoms with E-state index in [0.29, 0.717) is 6.04 Å². The fraction of sp³-hybridized carbons (Fsp3) is 0.833. The summed E-state index contributed by atoms with van der Waals surface area (Å²) in [5, 5.41) is 8.60. The van der Waals surface area contributed by atoms with E-state index < -0.39 is 0 Å². The first kappa shape index (κ1) is 12.9. The third-order valence-electron chi connectivity index (χ3n) is 3.28. The maximum absolute atomic E-state index is 4.38. The third kappa shape index (κ3) is 3.22. The molecule has 2 heterocycles. The monoisotopic (exact) mass is 254 g/mol. The fourth-order valence-corrected chi connectivity index (χ4v) is 3.82. The highest BCUT2D eigenvalue weighted by atomic mass is 32.2. The predicted molar refractivity (Wildman–Crippen MR) is 72.3 cm³/mol. The molecule has 1 aromatic heterocycles. The zero-order valence-corrected chi connectivity index (χ0v) is 11.5. The Bertz CT molecular complexity index is 333. The number of aryl methyl sites for hydroxylation is 1. The largest absolute Gasteiger partial charge is 0.313 e. The first-order chi connectivity index (χ1) is 8.35. The van der Waals surface area contributed by atoms with E-state index in [-0.39, 0.29) is 0 Å². The van der Waals surface area contributed by atoms with Gasteiger partial charge in [-0.25, -0.2) is 4.98 Å². The number of rotatable bonds is 6. The molecule has 0 spiro atoms. The number of nitrogens with one attached hydrogen (secondary N) is 1. The Morgan fingerprint density at radius 3 is 3.12 bits per heavy atom. The van der Waals surface area contributed by atoms with Crippen LogP contribution in [0.5, 0.6) is 0 Å². The summed E-state index contributed by atoms with van der Waals surface area (Å²) in [6.45, 7) is 6.23. The molecule has 1 fully saturated rings. The summed E-state index contributed by atoms with van der Waals surface area (Å²) in [6, 6.07) is 0.544. The highest BCUT2D eigenvalue weighted by Gasteiger charge is 2.26. The number of hydrogen-bond acceptors (Lipinski definition) is 4. The van der Waals surface area contributed by atoms with Crippen LogP contribution in [-0.2, 0) is 13.0 Å². The molecule has 1 aliphatic rings. The van der Waals surface area contributed by atoms with Gasteiger partial charge in [0, 0.05) is 24.3 Å². The summed E-state index contributed by atoms with van der Waals surface area (Å²) < 4.78 is 2.00. The molecule has 2 atom stereocenters. The summed E-state index contributed by atoms with van der Waals surface area (Å²) in [6.07, 6.45) is 5.36. The van der Waals surface area contributed by atoms with E-state index >= 15 is 0 Å². The fourth-order valence-electron chi connectivity index (χ4n) is 2.42. The van der Waals surface area contributed by atoms with Crippen molar-refractivity contribution in [1.29, 1.82) is 0 Å². The van der Waals surface area contributed by atoms with Crippen molar-refractivity contribution < 1.29 is 0 Å². The van der Waals surface area contributed by atoms with Crippen LogP contribution in [0, 0.1) is 0 Å². The Balaban J connectivity index is 2.01. The molecule has 0 amide bonds. The molecule has 0 radical (unpaired) electrons.